The minimum absolute atomic E-state index is 0.144. The van der Waals surface area contributed by atoms with Crippen LogP contribution in [0.2, 0.25) is 0 Å². The van der Waals surface area contributed by atoms with Crippen molar-refractivity contribution in [2.45, 2.75) is 20.3 Å². The van der Waals surface area contributed by atoms with Crippen LogP contribution in [0, 0.1) is 5.41 Å². The first kappa shape index (κ1) is 16.5. The summed E-state index contributed by atoms with van der Waals surface area (Å²) < 4.78 is 6.99. The van der Waals surface area contributed by atoms with Crippen molar-refractivity contribution in [3.8, 4) is 11.3 Å². The number of rotatable bonds is 4. The van der Waals surface area contributed by atoms with Crippen molar-refractivity contribution in [3.05, 3.63) is 42.7 Å². The molecule has 3 heterocycles. The molecule has 2 aromatic heterocycles. The molecular weight excluding hydrogens is 330 g/mol. The Morgan fingerprint density at radius 2 is 2.12 bits per heavy atom. The third-order valence-corrected chi connectivity index (χ3v) is 4.87. The Balaban J connectivity index is 1.73. The largest absolute Gasteiger partial charge is 0.466 e. The van der Waals surface area contributed by atoms with Crippen LogP contribution in [0.15, 0.2) is 42.7 Å². The lowest BCUT2D eigenvalue weighted by Gasteiger charge is -2.24. The van der Waals surface area contributed by atoms with Crippen molar-refractivity contribution in [3.63, 3.8) is 0 Å². The summed E-state index contributed by atoms with van der Waals surface area (Å²) >= 11 is 0. The monoisotopic (exact) mass is 351 g/mol. The summed E-state index contributed by atoms with van der Waals surface area (Å²) in [6, 6.07) is 12.0. The average Bonchev–Trinajstić information content (AvgIpc) is 3.29. The van der Waals surface area contributed by atoms with Gasteiger partial charge in [-0.05, 0) is 20.3 Å². The minimum atomic E-state index is -0.515. The Morgan fingerprint density at radius 3 is 2.88 bits per heavy atom. The summed E-state index contributed by atoms with van der Waals surface area (Å²) in [4.78, 5) is 23.4. The van der Waals surface area contributed by atoms with Crippen molar-refractivity contribution < 1.29 is 9.53 Å². The molecule has 1 atom stereocenters. The highest BCUT2D eigenvalue weighted by Gasteiger charge is 2.42. The highest BCUT2D eigenvalue weighted by Crippen LogP contribution is 2.35. The van der Waals surface area contributed by atoms with Gasteiger partial charge in [0.05, 0.1) is 17.7 Å². The van der Waals surface area contributed by atoms with Crippen LogP contribution >= 0.6 is 0 Å². The van der Waals surface area contributed by atoms with E-state index in [-0.39, 0.29) is 5.97 Å². The van der Waals surface area contributed by atoms with Gasteiger partial charge >= 0.3 is 5.97 Å². The van der Waals surface area contributed by atoms with Crippen LogP contribution in [-0.2, 0) is 9.53 Å². The summed E-state index contributed by atoms with van der Waals surface area (Å²) in [5.41, 5.74) is 1.34. The van der Waals surface area contributed by atoms with Crippen LogP contribution in [0.4, 0.5) is 5.82 Å². The maximum absolute atomic E-state index is 12.3. The van der Waals surface area contributed by atoms with E-state index >= 15 is 0 Å². The first-order valence-corrected chi connectivity index (χ1v) is 8.79. The number of aromatic nitrogens is 4. The molecule has 1 aromatic carbocycles. The van der Waals surface area contributed by atoms with Gasteiger partial charge in [0.25, 0.3) is 5.78 Å². The Hall–Kier alpha value is -2.96. The lowest BCUT2D eigenvalue weighted by molar-refractivity contribution is -0.153. The second-order valence-corrected chi connectivity index (χ2v) is 6.79. The zero-order valence-electron chi connectivity index (χ0n) is 14.9. The van der Waals surface area contributed by atoms with Gasteiger partial charge in [-0.2, -0.15) is 14.6 Å². The minimum Gasteiger partial charge on any atom is -0.466 e. The molecule has 0 N–H and O–H groups in total. The third kappa shape index (κ3) is 2.79. The highest BCUT2D eigenvalue weighted by molar-refractivity contribution is 5.78. The van der Waals surface area contributed by atoms with Crippen LogP contribution in [0.1, 0.15) is 20.3 Å². The van der Waals surface area contributed by atoms with Crippen molar-refractivity contribution in [2.24, 2.45) is 5.41 Å². The van der Waals surface area contributed by atoms with Gasteiger partial charge in [0.2, 0.25) is 0 Å². The fraction of sp³-hybridized carbons (Fsp3) is 0.368. The van der Waals surface area contributed by atoms with Gasteiger partial charge in [-0.15, -0.1) is 0 Å². The van der Waals surface area contributed by atoms with Crippen LogP contribution in [-0.4, -0.2) is 45.2 Å². The maximum atomic E-state index is 12.3. The molecule has 26 heavy (non-hydrogen) atoms. The number of nitrogens with zero attached hydrogens (tertiary/aromatic N) is 5. The zero-order valence-corrected chi connectivity index (χ0v) is 14.9. The van der Waals surface area contributed by atoms with Crippen molar-refractivity contribution >= 4 is 17.6 Å². The summed E-state index contributed by atoms with van der Waals surface area (Å²) in [5, 5.41) is 4.31. The van der Waals surface area contributed by atoms with E-state index in [0.717, 1.165) is 30.0 Å². The molecule has 1 aliphatic heterocycles. The Bertz CT molecular complexity index is 940. The summed E-state index contributed by atoms with van der Waals surface area (Å²) in [5.74, 6) is 1.29. The Morgan fingerprint density at radius 1 is 1.31 bits per heavy atom. The zero-order chi connectivity index (χ0) is 18.1. The summed E-state index contributed by atoms with van der Waals surface area (Å²) in [7, 11) is 0. The van der Waals surface area contributed by atoms with Gasteiger partial charge in [0.1, 0.15) is 12.1 Å². The summed E-state index contributed by atoms with van der Waals surface area (Å²) in [6.45, 7) is 5.53. The van der Waals surface area contributed by atoms with Gasteiger partial charge < -0.3 is 9.64 Å². The van der Waals surface area contributed by atoms with Crippen molar-refractivity contribution in [1.29, 1.82) is 0 Å². The van der Waals surface area contributed by atoms with E-state index in [1.165, 1.54) is 6.33 Å². The Labute approximate surface area is 151 Å². The summed E-state index contributed by atoms with van der Waals surface area (Å²) in [6.07, 6.45) is 2.24. The molecule has 7 heteroatoms. The molecule has 0 saturated carbocycles. The van der Waals surface area contributed by atoms with Crippen LogP contribution in [0.5, 0.6) is 0 Å². The van der Waals surface area contributed by atoms with E-state index in [1.54, 1.807) is 4.52 Å². The predicted octanol–water partition coefficient (Wildman–Crippen LogP) is 2.57. The lowest BCUT2D eigenvalue weighted by Crippen LogP contribution is -2.34. The molecule has 1 fully saturated rings. The number of hydrogen-bond donors (Lipinski definition) is 0. The fourth-order valence-electron chi connectivity index (χ4n) is 3.41. The second kappa shape index (κ2) is 6.40. The first-order chi connectivity index (χ1) is 12.6. The van der Waals surface area contributed by atoms with Crippen LogP contribution in [0.25, 0.3) is 17.0 Å². The first-order valence-electron chi connectivity index (χ1n) is 8.79. The number of anilines is 1. The maximum Gasteiger partial charge on any atom is 0.313 e. The van der Waals surface area contributed by atoms with Crippen molar-refractivity contribution in [2.75, 3.05) is 24.6 Å². The molecular formula is C19H21N5O2. The van der Waals surface area contributed by atoms with E-state index in [1.807, 2.05) is 50.2 Å². The van der Waals surface area contributed by atoms with Crippen molar-refractivity contribution in [1.82, 2.24) is 19.6 Å². The van der Waals surface area contributed by atoms with Gasteiger partial charge in [-0.3, -0.25) is 4.79 Å². The fourth-order valence-corrected chi connectivity index (χ4v) is 3.41. The van der Waals surface area contributed by atoms with E-state index in [2.05, 4.69) is 20.0 Å². The molecule has 0 aliphatic carbocycles. The number of hydrogen-bond acceptors (Lipinski definition) is 6. The molecule has 1 aliphatic rings. The number of ether oxygens (including phenoxy) is 1. The average molecular weight is 351 g/mol. The normalized spacial score (nSPS) is 19.8. The number of fused-ring (bicyclic) bond motifs is 1. The van der Waals surface area contributed by atoms with E-state index in [9.17, 15) is 4.79 Å². The molecule has 1 unspecified atom stereocenters. The Kier molecular flexibility index (Phi) is 4.06. The third-order valence-electron chi connectivity index (χ3n) is 4.87. The predicted molar refractivity (Wildman–Crippen MR) is 97.8 cm³/mol. The molecule has 1 saturated heterocycles. The van der Waals surface area contributed by atoms with Crippen LogP contribution < -0.4 is 4.90 Å². The van der Waals surface area contributed by atoms with Gasteiger partial charge in [-0.1, -0.05) is 30.3 Å². The van der Waals surface area contributed by atoms with Gasteiger partial charge in [0, 0.05) is 24.7 Å². The molecule has 0 amide bonds. The molecule has 3 aromatic rings. The lowest BCUT2D eigenvalue weighted by atomic mass is 9.90. The quantitative estimate of drug-likeness (QED) is 0.673. The molecule has 0 radical (unpaired) electrons. The van der Waals surface area contributed by atoms with Gasteiger partial charge in [0.15, 0.2) is 0 Å². The highest BCUT2D eigenvalue weighted by atomic mass is 16.5. The molecule has 4 rings (SSSR count). The topological polar surface area (TPSA) is 72.6 Å². The SMILES string of the molecule is CCOC(=O)C1(C)CCN(c2cc(-c3ccccc3)nc3ncnn23)C1. The number of esters is 1. The number of carbonyl (C=O) groups excluding carboxylic acids is 1. The molecule has 7 nitrogen and oxygen atoms in total. The van der Waals surface area contributed by atoms with E-state index in [0.29, 0.717) is 18.9 Å². The standard InChI is InChI=1S/C19H21N5O2/c1-3-26-17(25)19(2)9-10-23(12-19)16-11-15(14-7-5-4-6-8-14)22-18-20-13-21-24(16)18/h4-8,11,13H,3,9-10,12H2,1-2H3. The van der Waals surface area contributed by atoms with Crippen LogP contribution in [0.3, 0.4) is 0 Å². The molecule has 0 bridgehead atoms. The number of benzene rings is 1. The van der Waals surface area contributed by atoms with E-state index < -0.39 is 5.41 Å². The van der Waals surface area contributed by atoms with E-state index in [4.69, 9.17) is 4.74 Å². The van der Waals surface area contributed by atoms with Gasteiger partial charge in [-0.25, -0.2) is 4.98 Å². The smallest absolute Gasteiger partial charge is 0.313 e. The number of carbonyl (C=O) groups is 1. The molecule has 0 spiro atoms. The second-order valence-electron chi connectivity index (χ2n) is 6.79. The molecule has 134 valence electrons.